The Labute approximate surface area is 156 Å². The highest BCUT2D eigenvalue weighted by atomic mass is 19.1. The lowest BCUT2D eigenvalue weighted by atomic mass is 10.2. The third-order valence-electron chi connectivity index (χ3n) is 3.80. The van der Waals surface area contributed by atoms with Crippen molar-refractivity contribution < 1.29 is 18.7 Å². The van der Waals surface area contributed by atoms with Gasteiger partial charge in [-0.25, -0.2) is 9.37 Å². The zero-order chi connectivity index (χ0) is 19.2. The number of ether oxygens (including phenoxy) is 2. The van der Waals surface area contributed by atoms with Crippen molar-refractivity contribution in [3.8, 4) is 11.5 Å². The van der Waals surface area contributed by atoms with Gasteiger partial charge in [-0.3, -0.25) is 4.79 Å². The van der Waals surface area contributed by atoms with Gasteiger partial charge in [0.05, 0.1) is 31.8 Å². The van der Waals surface area contributed by atoms with E-state index >= 15 is 0 Å². The van der Waals surface area contributed by atoms with Crippen LogP contribution in [0.1, 0.15) is 10.4 Å². The maximum Gasteiger partial charge on any atom is 0.256 e. The minimum Gasteiger partial charge on any atom is -0.493 e. The fourth-order valence-corrected chi connectivity index (χ4v) is 2.43. The molecule has 0 atom stereocenters. The van der Waals surface area contributed by atoms with Crippen molar-refractivity contribution in [3.63, 3.8) is 0 Å². The van der Waals surface area contributed by atoms with Crippen molar-refractivity contribution in [1.82, 2.24) is 4.98 Å². The van der Waals surface area contributed by atoms with E-state index in [9.17, 15) is 9.18 Å². The highest BCUT2D eigenvalue weighted by Crippen LogP contribution is 2.28. The van der Waals surface area contributed by atoms with Gasteiger partial charge in [-0.2, -0.15) is 0 Å². The molecule has 138 valence electrons. The van der Waals surface area contributed by atoms with Crippen LogP contribution < -0.4 is 20.1 Å². The minimum absolute atomic E-state index is 0.335. The van der Waals surface area contributed by atoms with Gasteiger partial charge in [-0.05, 0) is 42.5 Å². The number of carbonyl (C=O) groups is 1. The average Bonchev–Trinajstić information content (AvgIpc) is 2.70. The van der Waals surface area contributed by atoms with Gasteiger partial charge in [0.1, 0.15) is 11.6 Å². The number of hydrogen-bond donors (Lipinski definition) is 2. The summed E-state index contributed by atoms with van der Waals surface area (Å²) >= 11 is 0. The fraction of sp³-hybridized carbons (Fsp3) is 0.100. The molecule has 27 heavy (non-hydrogen) atoms. The van der Waals surface area contributed by atoms with Crippen LogP contribution in [0.4, 0.5) is 21.6 Å². The molecule has 2 N–H and O–H groups in total. The van der Waals surface area contributed by atoms with Crippen molar-refractivity contribution in [3.05, 3.63) is 72.2 Å². The summed E-state index contributed by atoms with van der Waals surface area (Å²) in [7, 11) is 3.03. The maximum atomic E-state index is 13.7. The van der Waals surface area contributed by atoms with Crippen LogP contribution in [0.25, 0.3) is 0 Å². The van der Waals surface area contributed by atoms with E-state index in [1.54, 1.807) is 48.5 Å². The van der Waals surface area contributed by atoms with E-state index in [1.165, 1.54) is 26.5 Å². The molecule has 0 bridgehead atoms. The number of aromatic nitrogens is 1. The largest absolute Gasteiger partial charge is 0.493 e. The van der Waals surface area contributed by atoms with Gasteiger partial charge in [-0.15, -0.1) is 0 Å². The van der Waals surface area contributed by atoms with E-state index in [2.05, 4.69) is 15.6 Å². The zero-order valence-electron chi connectivity index (χ0n) is 14.8. The Balaban J connectivity index is 1.69. The quantitative estimate of drug-likeness (QED) is 0.682. The van der Waals surface area contributed by atoms with Crippen molar-refractivity contribution >= 4 is 23.1 Å². The van der Waals surface area contributed by atoms with Gasteiger partial charge < -0.3 is 20.1 Å². The van der Waals surface area contributed by atoms with Gasteiger partial charge >= 0.3 is 0 Å². The normalized spacial score (nSPS) is 10.2. The van der Waals surface area contributed by atoms with Crippen LogP contribution in [0.2, 0.25) is 0 Å². The van der Waals surface area contributed by atoms with Crippen LogP contribution in [0.15, 0.2) is 60.8 Å². The first kappa shape index (κ1) is 18.2. The molecule has 0 aliphatic carbocycles. The van der Waals surface area contributed by atoms with Gasteiger partial charge in [0, 0.05) is 5.56 Å². The number of amides is 1. The Morgan fingerprint density at radius 2 is 1.78 bits per heavy atom. The lowest BCUT2D eigenvalue weighted by molar-refractivity contribution is 0.102. The second-order valence-electron chi connectivity index (χ2n) is 5.56. The average molecular weight is 367 g/mol. The molecule has 7 heteroatoms. The second kappa shape index (κ2) is 8.18. The van der Waals surface area contributed by atoms with E-state index in [4.69, 9.17) is 9.47 Å². The van der Waals surface area contributed by atoms with Crippen LogP contribution in [0.5, 0.6) is 11.5 Å². The Kier molecular flexibility index (Phi) is 5.51. The Hall–Kier alpha value is -3.61. The molecule has 0 spiro atoms. The predicted octanol–water partition coefficient (Wildman–Crippen LogP) is 4.23. The van der Waals surface area contributed by atoms with Gasteiger partial charge in [0.2, 0.25) is 0 Å². The molecule has 3 aromatic rings. The molecule has 0 fully saturated rings. The molecule has 0 aliphatic heterocycles. The molecule has 1 aromatic heterocycles. The zero-order valence-corrected chi connectivity index (χ0v) is 14.8. The maximum absolute atomic E-state index is 13.7. The van der Waals surface area contributed by atoms with Crippen molar-refractivity contribution in [2.24, 2.45) is 0 Å². The number of nitrogens with one attached hydrogen (secondary N) is 2. The van der Waals surface area contributed by atoms with Crippen LogP contribution in [0.3, 0.4) is 0 Å². The number of methoxy groups -OCH3 is 2. The van der Waals surface area contributed by atoms with Gasteiger partial charge in [0.15, 0.2) is 11.5 Å². The number of para-hydroxylation sites is 1. The summed E-state index contributed by atoms with van der Waals surface area (Å²) in [5.74, 6) is 0.675. The summed E-state index contributed by atoms with van der Waals surface area (Å²) in [4.78, 5) is 16.6. The summed E-state index contributed by atoms with van der Waals surface area (Å²) in [5.41, 5.74) is 1.36. The molecule has 3 rings (SSSR count). The number of halogens is 1. The second-order valence-corrected chi connectivity index (χ2v) is 5.56. The first-order valence-electron chi connectivity index (χ1n) is 8.11. The number of benzene rings is 2. The standard InChI is InChI=1S/C20H18FN3O3/c1-26-17-9-7-13(11-18(17)27-2)20(25)24-19-10-8-14(12-22-19)23-16-6-4-3-5-15(16)21/h3-12,23H,1-2H3,(H,22,24,25). The van der Waals surface area contributed by atoms with Crippen molar-refractivity contribution in [2.45, 2.75) is 0 Å². The van der Waals surface area contributed by atoms with Crippen LogP contribution in [-0.4, -0.2) is 25.1 Å². The monoisotopic (exact) mass is 367 g/mol. The number of hydrogen-bond acceptors (Lipinski definition) is 5. The Morgan fingerprint density at radius 1 is 1.00 bits per heavy atom. The molecule has 0 saturated carbocycles. The number of anilines is 3. The molecule has 6 nitrogen and oxygen atoms in total. The molecule has 2 aromatic carbocycles. The molecule has 0 saturated heterocycles. The molecule has 1 heterocycles. The molecular weight excluding hydrogens is 349 g/mol. The van der Waals surface area contributed by atoms with Gasteiger partial charge in [0.25, 0.3) is 5.91 Å². The Morgan fingerprint density at radius 3 is 2.44 bits per heavy atom. The van der Waals surface area contributed by atoms with Crippen LogP contribution in [0, 0.1) is 5.82 Å². The molecular formula is C20H18FN3O3. The van der Waals surface area contributed by atoms with E-state index in [-0.39, 0.29) is 11.7 Å². The topological polar surface area (TPSA) is 72.5 Å². The lowest BCUT2D eigenvalue weighted by Gasteiger charge is -2.10. The number of nitrogens with zero attached hydrogens (tertiary/aromatic N) is 1. The predicted molar refractivity (Wildman–Crippen MR) is 101 cm³/mol. The van der Waals surface area contributed by atoms with Gasteiger partial charge in [-0.1, -0.05) is 12.1 Å². The van der Waals surface area contributed by atoms with E-state index in [1.807, 2.05) is 0 Å². The Bertz CT molecular complexity index is 945. The minimum atomic E-state index is -0.358. The molecule has 0 unspecified atom stereocenters. The molecule has 0 aliphatic rings. The SMILES string of the molecule is COc1ccc(C(=O)Nc2ccc(Nc3ccccc3F)cn2)cc1OC. The van der Waals surface area contributed by atoms with E-state index in [0.717, 1.165) is 0 Å². The summed E-state index contributed by atoms with van der Waals surface area (Å²) in [5, 5.41) is 5.63. The summed E-state index contributed by atoms with van der Waals surface area (Å²) in [6.07, 6.45) is 1.51. The molecule has 0 radical (unpaired) electrons. The first-order chi connectivity index (χ1) is 13.1. The summed E-state index contributed by atoms with van der Waals surface area (Å²) < 4.78 is 24.0. The fourth-order valence-electron chi connectivity index (χ4n) is 2.43. The summed E-state index contributed by atoms with van der Waals surface area (Å²) in [6, 6.07) is 14.5. The third kappa shape index (κ3) is 4.33. The smallest absolute Gasteiger partial charge is 0.256 e. The van der Waals surface area contributed by atoms with Crippen LogP contribution in [-0.2, 0) is 0 Å². The lowest BCUT2D eigenvalue weighted by Crippen LogP contribution is -2.13. The highest BCUT2D eigenvalue weighted by molar-refractivity contribution is 6.04. The van der Waals surface area contributed by atoms with Crippen molar-refractivity contribution in [1.29, 1.82) is 0 Å². The number of pyridine rings is 1. The van der Waals surface area contributed by atoms with E-state index < -0.39 is 0 Å². The third-order valence-corrected chi connectivity index (χ3v) is 3.80. The van der Waals surface area contributed by atoms with Crippen molar-refractivity contribution in [2.75, 3.05) is 24.9 Å². The first-order valence-corrected chi connectivity index (χ1v) is 8.11. The van der Waals surface area contributed by atoms with E-state index in [0.29, 0.717) is 34.3 Å². The number of carbonyl (C=O) groups excluding carboxylic acids is 1. The summed E-state index contributed by atoms with van der Waals surface area (Å²) in [6.45, 7) is 0. The highest BCUT2D eigenvalue weighted by Gasteiger charge is 2.11. The number of rotatable bonds is 6. The molecule has 1 amide bonds. The van der Waals surface area contributed by atoms with Crippen LogP contribution >= 0.6 is 0 Å².